The number of carbonyl (C=O) groups is 1. The zero-order valence-electron chi connectivity index (χ0n) is 11.5. The molecule has 2 heterocycles. The SMILES string of the molecule is CN(C)C1CCN(Cc2ccc(C(=O)NN)cn2)C1. The summed E-state index contributed by atoms with van der Waals surface area (Å²) in [5, 5.41) is 0. The molecule has 1 atom stereocenters. The number of pyridine rings is 1. The van der Waals surface area contributed by atoms with Crippen LogP contribution in [0.3, 0.4) is 0 Å². The van der Waals surface area contributed by atoms with Gasteiger partial charge in [-0.2, -0.15) is 0 Å². The number of nitrogen functional groups attached to an aromatic ring is 1. The third-order valence-corrected chi connectivity index (χ3v) is 3.58. The van der Waals surface area contributed by atoms with Crippen LogP contribution < -0.4 is 11.3 Å². The molecule has 6 nitrogen and oxygen atoms in total. The standard InChI is InChI=1S/C13H21N5O/c1-17(2)12-5-6-18(9-12)8-11-4-3-10(7-15-11)13(19)16-14/h3-4,7,12H,5-6,8-9,14H2,1-2H3,(H,16,19). The van der Waals surface area contributed by atoms with Gasteiger partial charge in [0.05, 0.1) is 11.3 Å². The van der Waals surface area contributed by atoms with Gasteiger partial charge in [0.2, 0.25) is 0 Å². The molecule has 0 saturated carbocycles. The summed E-state index contributed by atoms with van der Waals surface area (Å²) < 4.78 is 0. The van der Waals surface area contributed by atoms with Crippen LogP contribution in [0.4, 0.5) is 0 Å². The van der Waals surface area contributed by atoms with E-state index >= 15 is 0 Å². The lowest BCUT2D eigenvalue weighted by Gasteiger charge is -2.20. The number of nitrogens with zero attached hydrogens (tertiary/aromatic N) is 3. The van der Waals surface area contributed by atoms with Crippen LogP contribution in [0.15, 0.2) is 18.3 Å². The first kappa shape index (κ1) is 13.9. The van der Waals surface area contributed by atoms with E-state index in [0.717, 1.165) is 25.3 Å². The number of aromatic nitrogens is 1. The van der Waals surface area contributed by atoms with Crippen molar-refractivity contribution in [1.29, 1.82) is 0 Å². The van der Waals surface area contributed by atoms with E-state index < -0.39 is 0 Å². The van der Waals surface area contributed by atoms with Gasteiger partial charge in [-0.3, -0.25) is 20.1 Å². The predicted octanol–water partition coefficient (Wildman–Crippen LogP) is -0.179. The van der Waals surface area contributed by atoms with Gasteiger partial charge < -0.3 is 4.90 Å². The van der Waals surface area contributed by atoms with Crippen molar-refractivity contribution in [2.45, 2.75) is 19.0 Å². The van der Waals surface area contributed by atoms with Crippen LogP contribution in [0.5, 0.6) is 0 Å². The van der Waals surface area contributed by atoms with Gasteiger partial charge in [-0.15, -0.1) is 0 Å². The summed E-state index contributed by atoms with van der Waals surface area (Å²) >= 11 is 0. The second-order valence-electron chi connectivity index (χ2n) is 5.15. The zero-order valence-corrected chi connectivity index (χ0v) is 11.5. The monoisotopic (exact) mass is 263 g/mol. The summed E-state index contributed by atoms with van der Waals surface area (Å²) in [6, 6.07) is 4.26. The van der Waals surface area contributed by atoms with Gasteiger partial charge in [0.25, 0.3) is 5.91 Å². The van der Waals surface area contributed by atoms with E-state index in [0.29, 0.717) is 11.6 Å². The van der Waals surface area contributed by atoms with Crippen molar-refractivity contribution in [3.63, 3.8) is 0 Å². The van der Waals surface area contributed by atoms with E-state index in [2.05, 4.69) is 34.3 Å². The lowest BCUT2D eigenvalue weighted by atomic mass is 10.2. The van der Waals surface area contributed by atoms with E-state index in [1.165, 1.54) is 6.42 Å². The average molecular weight is 263 g/mol. The lowest BCUT2D eigenvalue weighted by Crippen LogP contribution is -2.31. The number of nitrogens with one attached hydrogen (secondary N) is 1. The van der Waals surface area contributed by atoms with Crippen molar-refractivity contribution in [2.75, 3.05) is 27.2 Å². The normalized spacial score (nSPS) is 19.9. The van der Waals surface area contributed by atoms with Crippen LogP contribution in [-0.2, 0) is 6.54 Å². The molecule has 1 saturated heterocycles. The average Bonchev–Trinajstić information content (AvgIpc) is 2.87. The van der Waals surface area contributed by atoms with Gasteiger partial charge in [0, 0.05) is 31.9 Å². The lowest BCUT2D eigenvalue weighted by molar-refractivity contribution is 0.0953. The van der Waals surface area contributed by atoms with Crippen LogP contribution in [0, 0.1) is 0 Å². The third-order valence-electron chi connectivity index (χ3n) is 3.58. The van der Waals surface area contributed by atoms with E-state index in [1.807, 2.05) is 6.07 Å². The van der Waals surface area contributed by atoms with Crippen molar-refractivity contribution < 1.29 is 4.79 Å². The van der Waals surface area contributed by atoms with Crippen molar-refractivity contribution in [1.82, 2.24) is 20.2 Å². The molecular formula is C13H21N5O. The Morgan fingerprint density at radius 3 is 2.89 bits per heavy atom. The highest BCUT2D eigenvalue weighted by atomic mass is 16.2. The minimum atomic E-state index is -0.312. The summed E-state index contributed by atoms with van der Waals surface area (Å²) in [5.74, 6) is 4.77. The number of hydrogen-bond acceptors (Lipinski definition) is 5. The largest absolute Gasteiger partial charge is 0.305 e. The molecule has 1 fully saturated rings. The minimum Gasteiger partial charge on any atom is -0.305 e. The Labute approximate surface area is 113 Å². The van der Waals surface area contributed by atoms with Gasteiger partial charge in [-0.05, 0) is 32.6 Å². The Morgan fingerprint density at radius 2 is 2.37 bits per heavy atom. The number of hydrazine groups is 1. The molecule has 19 heavy (non-hydrogen) atoms. The van der Waals surface area contributed by atoms with Crippen LogP contribution in [0.1, 0.15) is 22.5 Å². The number of likely N-dealkylation sites (N-methyl/N-ethyl adjacent to an activating group) is 1. The Kier molecular flexibility index (Phi) is 4.47. The molecule has 1 aliphatic rings. The van der Waals surface area contributed by atoms with Gasteiger partial charge >= 0.3 is 0 Å². The molecule has 0 bridgehead atoms. The predicted molar refractivity (Wildman–Crippen MR) is 73.3 cm³/mol. The van der Waals surface area contributed by atoms with Gasteiger partial charge in [-0.1, -0.05) is 0 Å². The number of amides is 1. The highest BCUT2D eigenvalue weighted by molar-refractivity contribution is 5.93. The maximum Gasteiger partial charge on any atom is 0.266 e. The number of hydrogen-bond donors (Lipinski definition) is 2. The Hall–Kier alpha value is -1.50. The minimum absolute atomic E-state index is 0.312. The molecule has 1 aromatic heterocycles. The molecule has 1 amide bonds. The molecule has 1 aliphatic heterocycles. The Morgan fingerprint density at radius 1 is 1.58 bits per heavy atom. The van der Waals surface area contributed by atoms with Crippen molar-refractivity contribution in [3.8, 4) is 0 Å². The van der Waals surface area contributed by atoms with Crippen LogP contribution >= 0.6 is 0 Å². The highest BCUT2D eigenvalue weighted by Gasteiger charge is 2.23. The number of nitrogens with two attached hydrogens (primary N) is 1. The molecule has 6 heteroatoms. The van der Waals surface area contributed by atoms with Gasteiger partial charge in [-0.25, -0.2) is 5.84 Å². The molecule has 0 spiro atoms. The summed E-state index contributed by atoms with van der Waals surface area (Å²) in [5.41, 5.74) is 3.56. The molecule has 0 aromatic carbocycles. The highest BCUT2D eigenvalue weighted by Crippen LogP contribution is 2.15. The van der Waals surface area contributed by atoms with E-state index in [9.17, 15) is 4.79 Å². The second kappa shape index (κ2) is 6.10. The second-order valence-corrected chi connectivity index (χ2v) is 5.15. The Bertz CT molecular complexity index is 431. The molecule has 0 aliphatic carbocycles. The van der Waals surface area contributed by atoms with Crippen molar-refractivity contribution >= 4 is 5.91 Å². The fourth-order valence-corrected chi connectivity index (χ4v) is 2.34. The number of carbonyl (C=O) groups excluding carboxylic acids is 1. The summed E-state index contributed by atoms with van der Waals surface area (Å²) in [4.78, 5) is 20.3. The van der Waals surface area contributed by atoms with Crippen LogP contribution in [-0.4, -0.2) is 53.9 Å². The molecular weight excluding hydrogens is 242 g/mol. The topological polar surface area (TPSA) is 74.5 Å². The van der Waals surface area contributed by atoms with Crippen molar-refractivity contribution in [2.24, 2.45) is 5.84 Å². The van der Waals surface area contributed by atoms with Gasteiger partial charge in [0.1, 0.15) is 0 Å². The van der Waals surface area contributed by atoms with Crippen LogP contribution in [0.2, 0.25) is 0 Å². The first-order valence-corrected chi connectivity index (χ1v) is 6.45. The fraction of sp³-hybridized carbons (Fsp3) is 0.538. The zero-order chi connectivity index (χ0) is 13.8. The maximum atomic E-state index is 11.3. The molecule has 2 rings (SSSR count). The molecule has 104 valence electrons. The first-order chi connectivity index (χ1) is 9.10. The summed E-state index contributed by atoms with van der Waals surface area (Å²) in [6.07, 6.45) is 2.76. The van der Waals surface area contributed by atoms with E-state index in [1.54, 1.807) is 12.3 Å². The van der Waals surface area contributed by atoms with E-state index in [4.69, 9.17) is 5.84 Å². The number of rotatable bonds is 4. The third kappa shape index (κ3) is 3.50. The number of likely N-dealkylation sites (tertiary alicyclic amines) is 1. The van der Waals surface area contributed by atoms with Gasteiger partial charge in [0.15, 0.2) is 0 Å². The fourth-order valence-electron chi connectivity index (χ4n) is 2.34. The van der Waals surface area contributed by atoms with Crippen LogP contribution in [0.25, 0.3) is 0 Å². The molecule has 1 unspecified atom stereocenters. The smallest absolute Gasteiger partial charge is 0.266 e. The molecule has 0 radical (unpaired) electrons. The van der Waals surface area contributed by atoms with E-state index in [-0.39, 0.29) is 5.91 Å². The Balaban J connectivity index is 1.92. The quantitative estimate of drug-likeness (QED) is 0.448. The molecule has 1 aromatic rings. The van der Waals surface area contributed by atoms with Crippen molar-refractivity contribution in [3.05, 3.63) is 29.6 Å². The first-order valence-electron chi connectivity index (χ1n) is 6.45. The maximum absolute atomic E-state index is 11.3. The molecule has 3 N–H and O–H groups in total. The summed E-state index contributed by atoms with van der Waals surface area (Å²) in [6.45, 7) is 2.99. The summed E-state index contributed by atoms with van der Waals surface area (Å²) in [7, 11) is 4.24.